The van der Waals surface area contributed by atoms with Crippen LogP contribution in [-0.2, 0) is 19.1 Å². The van der Waals surface area contributed by atoms with Gasteiger partial charge in [-0.15, -0.1) is 0 Å². The third kappa shape index (κ3) is 13.9. The van der Waals surface area contributed by atoms with Gasteiger partial charge in [0.25, 0.3) is 0 Å². The smallest absolute Gasteiger partial charge is 0.377 e. The van der Waals surface area contributed by atoms with Crippen molar-refractivity contribution in [3.05, 3.63) is 84.4 Å². The van der Waals surface area contributed by atoms with E-state index in [9.17, 15) is 24.9 Å². The van der Waals surface area contributed by atoms with Crippen LogP contribution < -0.4 is 0 Å². The van der Waals surface area contributed by atoms with E-state index in [1.807, 2.05) is 12.2 Å². The Hall–Kier alpha value is -3.32. The molecule has 7 heteroatoms. The summed E-state index contributed by atoms with van der Waals surface area (Å²) in [6.07, 6.45) is 28.6. The molecule has 35 heavy (non-hydrogen) atoms. The third-order valence-corrected chi connectivity index (χ3v) is 4.82. The lowest BCUT2D eigenvalue weighted by atomic mass is 10.2. The number of aliphatic hydroxyl groups is 3. The summed E-state index contributed by atoms with van der Waals surface area (Å²) in [5.41, 5.74) is 0. The van der Waals surface area contributed by atoms with Crippen LogP contribution in [0.2, 0.25) is 0 Å². The first-order valence-electron chi connectivity index (χ1n) is 12.0. The molecule has 1 aliphatic rings. The summed E-state index contributed by atoms with van der Waals surface area (Å²) in [5, 5.41) is 28.5. The van der Waals surface area contributed by atoms with Crippen LogP contribution in [0.3, 0.4) is 0 Å². The van der Waals surface area contributed by atoms with Crippen molar-refractivity contribution in [1.29, 1.82) is 0 Å². The summed E-state index contributed by atoms with van der Waals surface area (Å²) in [6.45, 7) is 1.67. The number of aliphatic hydroxyl groups excluding tert-OH is 3. The van der Waals surface area contributed by atoms with Gasteiger partial charge in [-0.2, -0.15) is 0 Å². The fourth-order valence-corrected chi connectivity index (χ4v) is 2.91. The van der Waals surface area contributed by atoms with Crippen molar-refractivity contribution in [2.24, 2.45) is 0 Å². The predicted molar refractivity (Wildman–Crippen MR) is 137 cm³/mol. The topological polar surface area (TPSA) is 113 Å². The van der Waals surface area contributed by atoms with Gasteiger partial charge in [-0.1, -0.05) is 79.8 Å². The van der Waals surface area contributed by atoms with Crippen LogP contribution in [0.1, 0.15) is 58.3 Å². The first kappa shape index (κ1) is 29.7. The zero-order chi connectivity index (χ0) is 25.7. The lowest BCUT2D eigenvalue weighted by Gasteiger charge is -2.16. The average Bonchev–Trinajstić information content (AvgIpc) is 3.11. The van der Waals surface area contributed by atoms with Crippen molar-refractivity contribution in [3.63, 3.8) is 0 Å². The predicted octanol–water partition coefficient (Wildman–Crippen LogP) is 5.62. The highest BCUT2D eigenvalue weighted by Gasteiger charge is 2.39. The maximum Gasteiger partial charge on any atom is 0.377 e. The fourth-order valence-electron chi connectivity index (χ4n) is 2.91. The van der Waals surface area contributed by atoms with Crippen LogP contribution >= 0.6 is 0 Å². The van der Waals surface area contributed by atoms with E-state index in [2.05, 4.69) is 72.4 Å². The van der Waals surface area contributed by atoms with Crippen molar-refractivity contribution in [2.45, 2.75) is 70.5 Å². The van der Waals surface area contributed by atoms with E-state index in [1.165, 1.54) is 0 Å². The maximum absolute atomic E-state index is 11.7. The second kappa shape index (κ2) is 19.0. The highest BCUT2D eigenvalue weighted by molar-refractivity contribution is 5.89. The Bertz CT molecular complexity index is 843. The standard InChI is InChI=1S/C28H38O7/c1-2-3-4-5-6-7-8-9-10-11-12-13-14-15-16-17-18-19-20-21-24(30)34-22-23(29)27-25(31)26(32)28(33)35-27/h3-4,6-7,9-10,12-13,15-16,18-19,23,27,29,31-32H,2,5,8,11,14,17,20-22H2,1H3/b4-3+,7-6+,10-9+,13-12+,16-15+,19-18+/t23-,27+/m0/s1. The average molecular weight is 487 g/mol. The van der Waals surface area contributed by atoms with Crippen LogP contribution in [0, 0.1) is 0 Å². The van der Waals surface area contributed by atoms with Crippen LogP contribution in [-0.4, -0.2) is 46.1 Å². The molecule has 0 bridgehead atoms. The second-order valence-electron chi connectivity index (χ2n) is 7.76. The van der Waals surface area contributed by atoms with Gasteiger partial charge in [0.2, 0.25) is 5.76 Å². The van der Waals surface area contributed by atoms with Gasteiger partial charge in [0.1, 0.15) is 12.7 Å². The summed E-state index contributed by atoms with van der Waals surface area (Å²) in [6, 6.07) is 0. The maximum atomic E-state index is 11.7. The molecule has 0 amide bonds. The molecule has 0 aromatic heterocycles. The molecule has 1 heterocycles. The number of carbonyl (C=O) groups excluding carboxylic acids is 2. The molecule has 2 atom stereocenters. The Labute approximate surface area is 208 Å². The van der Waals surface area contributed by atoms with Crippen molar-refractivity contribution < 1.29 is 34.4 Å². The molecule has 0 spiro atoms. The Balaban J connectivity index is 2.04. The summed E-state index contributed by atoms with van der Waals surface area (Å²) in [5.74, 6) is -3.37. The normalized spacial score (nSPS) is 17.9. The van der Waals surface area contributed by atoms with Gasteiger partial charge in [0.05, 0.1) is 0 Å². The van der Waals surface area contributed by atoms with Crippen LogP contribution in [0.5, 0.6) is 0 Å². The molecule has 0 aromatic carbocycles. The molecule has 0 radical (unpaired) electrons. The van der Waals surface area contributed by atoms with Crippen LogP contribution in [0.4, 0.5) is 0 Å². The Morgan fingerprint density at radius 1 is 0.857 bits per heavy atom. The van der Waals surface area contributed by atoms with Crippen molar-refractivity contribution in [1.82, 2.24) is 0 Å². The van der Waals surface area contributed by atoms with E-state index < -0.39 is 42.3 Å². The first-order valence-corrected chi connectivity index (χ1v) is 12.0. The van der Waals surface area contributed by atoms with Gasteiger partial charge in [-0.25, -0.2) is 4.79 Å². The zero-order valence-corrected chi connectivity index (χ0v) is 20.4. The van der Waals surface area contributed by atoms with Crippen LogP contribution in [0.15, 0.2) is 84.4 Å². The minimum atomic E-state index is -1.46. The molecule has 0 fully saturated rings. The number of hydrogen-bond acceptors (Lipinski definition) is 7. The highest BCUT2D eigenvalue weighted by atomic mass is 16.6. The highest BCUT2D eigenvalue weighted by Crippen LogP contribution is 2.21. The van der Waals surface area contributed by atoms with E-state index in [1.54, 1.807) is 0 Å². The van der Waals surface area contributed by atoms with E-state index >= 15 is 0 Å². The molecule has 192 valence electrons. The number of carbonyl (C=O) groups is 2. The molecular weight excluding hydrogens is 448 g/mol. The summed E-state index contributed by atoms with van der Waals surface area (Å²) in [7, 11) is 0. The Kier molecular flexibility index (Phi) is 16.2. The zero-order valence-electron chi connectivity index (χ0n) is 20.4. The van der Waals surface area contributed by atoms with Crippen molar-refractivity contribution in [2.75, 3.05) is 6.61 Å². The summed E-state index contributed by atoms with van der Waals surface area (Å²) in [4.78, 5) is 22.8. The number of allylic oxidation sites excluding steroid dienone is 12. The summed E-state index contributed by atoms with van der Waals surface area (Å²) < 4.78 is 9.51. The van der Waals surface area contributed by atoms with Crippen molar-refractivity contribution >= 4 is 11.9 Å². The second-order valence-corrected chi connectivity index (χ2v) is 7.76. The number of cyclic esters (lactones) is 1. The Morgan fingerprint density at radius 3 is 1.74 bits per heavy atom. The lowest BCUT2D eigenvalue weighted by molar-refractivity contribution is -0.154. The fraction of sp³-hybridized carbons (Fsp3) is 0.429. The van der Waals surface area contributed by atoms with Crippen LogP contribution in [0.25, 0.3) is 0 Å². The van der Waals surface area contributed by atoms with Gasteiger partial charge < -0.3 is 24.8 Å². The molecule has 3 N–H and O–H groups in total. The van der Waals surface area contributed by atoms with Gasteiger partial charge in [-0.05, 0) is 44.9 Å². The molecule has 1 rings (SSSR count). The minimum absolute atomic E-state index is 0.131. The Morgan fingerprint density at radius 2 is 1.31 bits per heavy atom. The van der Waals surface area contributed by atoms with Gasteiger partial charge in [0, 0.05) is 6.42 Å². The van der Waals surface area contributed by atoms with E-state index in [-0.39, 0.29) is 6.42 Å². The lowest BCUT2D eigenvalue weighted by Crippen LogP contribution is -2.33. The van der Waals surface area contributed by atoms with Gasteiger partial charge in [0.15, 0.2) is 11.9 Å². The quantitative estimate of drug-likeness (QED) is 0.181. The first-order chi connectivity index (χ1) is 17.0. The molecule has 0 aliphatic carbocycles. The molecular formula is C28H38O7. The molecule has 0 saturated heterocycles. The molecule has 1 aliphatic heterocycles. The SMILES string of the molecule is CC/C=C/C/C=C/C/C=C/C/C=C/C/C=C/C/C=C/CCC(=O)OC[C@H](O)[C@H]1OC(=O)C(O)=C1O. The number of ether oxygens (including phenoxy) is 2. The number of esters is 2. The van der Waals surface area contributed by atoms with E-state index in [0.29, 0.717) is 6.42 Å². The monoisotopic (exact) mass is 486 g/mol. The molecule has 0 unspecified atom stereocenters. The van der Waals surface area contributed by atoms with E-state index in [0.717, 1.165) is 38.5 Å². The third-order valence-electron chi connectivity index (χ3n) is 4.82. The van der Waals surface area contributed by atoms with Gasteiger partial charge in [-0.3, -0.25) is 4.79 Å². The van der Waals surface area contributed by atoms with Gasteiger partial charge >= 0.3 is 11.9 Å². The molecule has 0 aromatic rings. The van der Waals surface area contributed by atoms with Crippen molar-refractivity contribution in [3.8, 4) is 0 Å². The molecule has 7 nitrogen and oxygen atoms in total. The largest absolute Gasteiger partial charge is 0.505 e. The molecule has 0 saturated carbocycles. The minimum Gasteiger partial charge on any atom is -0.505 e. The number of rotatable bonds is 17. The number of hydrogen-bond donors (Lipinski definition) is 3. The van der Waals surface area contributed by atoms with E-state index in [4.69, 9.17) is 4.74 Å². The summed E-state index contributed by atoms with van der Waals surface area (Å²) >= 11 is 0.